The predicted octanol–water partition coefficient (Wildman–Crippen LogP) is 4.18. The number of allylic oxidation sites excluding steroid dienone is 1. The fraction of sp³-hybridized carbons (Fsp3) is 0.120. The molecule has 0 fully saturated rings. The molecule has 4 aromatic rings. The van der Waals surface area contributed by atoms with E-state index in [2.05, 4.69) is 6.07 Å². The van der Waals surface area contributed by atoms with Crippen LogP contribution in [0.3, 0.4) is 0 Å². The Morgan fingerprint density at radius 1 is 1.00 bits per heavy atom. The van der Waals surface area contributed by atoms with Gasteiger partial charge in [0.2, 0.25) is 5.88 Å². The second-order valence-electron chi connectivity index (χ2n) is 7.30. The third-order valence-electron chi connectivity index (χ3n) is 5.70. The standard InChI is InChI=1S/C25H18N2O5/c1-29-18-9-5-8-15(22(18)30-2)19-17(12-26)24(27)31-23-16-11-10-13-6-3-4-7-14(13)21(16)32-25(28)20(19)23/h3-11,19H,27H2,1-2H3. The number of fused-ring (bicyclic) bond motifs is 5. The zero-order valence-corrected chi connectivity index (χ0v) is 17.3. The van der Waals surface area contributed by atoms with E-state index in [4.69, 9.17) is 24.4 Å². The minimum Gasteiger partial charge on any atom is -0.493 e. The van der Waals surface area contributed by atoms with Crippen LogP contribution in [0.4, 0.5) is 0 Å². The zero-order chi connectivity index (χ0) is 22.4. The van der Waals surface area contributed by atoms with Gasteiger partial charge in [0.1, 0.15) is 17.2 Å². The van der Waals surface area contributed by atoms with Crippen LogP contribution in [0.25, 0.3) is 21.7 Å². The Kier molecular flexibility index (Phi) is 4.49. The summed E-state index contributed by atoms with van der Waals surface area (Å²) >= 11 is 0. The number of nitriles is 1. The number of nitrogens with zero attached hydrogens (tertiary/aromatic N) is 1. The lowest BCUT2D eigenvalue weighted by Gasteiger charge is -2.27. The Hall–Kier alpha value is -4.44. The molecule has 1 atom stereocenters. The van der Waals surface area contributed by atoms with Crippen LogP contribution in [0.5, 0.6) is 17.2 Å². The van der Waals surface area contributed by atoms with Crippen LogP contribution in [0.2, 0.25) is 0 Å². The van der Waals surface area contributed by atoms with Gasteiger partial charge in [-0.1, -0.05) is 42.5 Å². The highest BCUT2D eigenvalue weighted by Gasteiger charge is 2.37. The summed E-state index contributed by atoms with van der Waals surface area (Å²) in [4.78, 5) is 13.3. The molecule has 158 valence electrons. The average molecular weight is 426 g/mol. The number of ether oxygens (including phenoxy) is 3. The summed E-state index contributed by atoms with van der Waals surface area (Å²) in [6, 6.07) is 18.7. The molecule has 1 aliphatic rings. The van der Waals surface area contributed by atoms with Crippen molar-refractivity contribution in [3.63, 3.8) is 0 Å². The van der Waals surface area contributed by atoms with Crippen molar-refractivity contribution >= 4 is 21.7 Å². The van der Waals surface area contributed by atoms with Gasteiger partial charge in [-0.3, -0.25) is 0 Å². The van der Waals surface area contributed by atoms with E-state index >= 15 is 0 Å². The van der Waals surface area contributed by atoms with Gasteiger partial charge >= 0.3 is 5.63 Å². The van der Waals surface area contributed by atoms with Gasteiger partial charge < -0.3 is 24.4 Å². The number of hydrogen-bond acceptors (Lipinski definition) is 7. The summed E-state index contributed by atoms with van der Waals surface area (Å²) in [6.45, 7) is 0. The number of rotatable bonds is 3. The lowest BCUT2D eigenvalue weighted by molar-refractivity contribution is 0.348. The molecule has 1 unspecified atom stereocenters. The van der Waals surface area contributed by atoms with Gasteiger partial charge in [-0.05, 0) is 17.5 Å². The first-order chi connectivity index (χ1) is 15.6. The molecule has 0 aliphatic carbocycles. The fourth-order valence-electron chi connectivity index (χ4n) is 4.30. The Morgan fingerprint density at radius 3 is 2.56 bits per heavy atom. The molecule has 5 rings (SSSR count). The third kappa shape index (κ3) is 2.70. The topological polar surface area (TPSA) is 108 Å². The minimum absolute atomic E-state index is 0.0741. The fourth-order valence-corrected chi connectivity index (χ4v) is 4.30. The highest BCUT2D eigenvalue weighted by Crippen LogP contribution is 2.48. The highest BCUT2D eigenvalue weighted by atomic mass is 16.5. The number of para-hydroxylation sites is 1. The van der Waals surface area contributed by atoms with E-state index in [0.29, 0.717) is 28.0 Å². The first kappa shape index (κ1) is 19.5. The van der Waals surface area contributed by atoms with Crippen molar-refractivity contribution in [2.45, 2.75) is 5.92 Å². The Morgan fingerprint density at radius 2 is 1.81 bits per heavy atom. The molecule has 7 nitrogen and oxygen atoms in total. The quantitative estimate of drug-likeness (QED) is 0.387. The SMILES string of the molecule is COc1cccc(C2C(C#N)=C(N)Oc3c2c(=O)oc2c3ccc3ccccc32)c1OC. The van der Waals surface area contributed by atoms with Crippen molar-refractivity contribution in [3.8, 4) is 23.3 Å². The Bertz CT molecular complexity index is 1530. The maximum absolute atomic E-state index is 13.3. The third-order valence-corrected chi connectivity index (χ3v) is 5.70. The van der Waals surface area contributed by atoms with E-state index in [1.165, 1.54) is 14.2 Å². The van der Waals surface area contributed by atoms with E-state index in [-0.39, 0.29) is 22.8 Å². The van der Waals surface area contributed by atoms with Gasteiger partial charge in [0.25, 0.3) is 0 Å². The molecule has 0 amide bonds. The van der Waals surface area contributed by atoms with Gasteiger partial charge in [0, 0.05) is 10.9 Å². The summed E-state index contributed by atoms with van der Waals surface area (Å²) < 4.78 is 22.7. The molecule has 2 N–H and O–H groups in total. The van der Waals surface area contributed by atoms with Crippen LogP contribution in [-0.2, 0) is 0 Å². The second kappa shape index (κ2) is 7.36. The van der Waals surface area contributed by atoms with Crippen LogP contribution >= 0.6 is 0 Å². The summed E-state index contributed by atoms with van der Waals surface area (Å²) in [5.74, 6) is 0.209. The Balaban J connectivity index is 1.89. The molecule has 7 heteroatoms. The summed E-state index contributed by atoms with van der Waals surface area (Å²) in [5, 5.41) is 12.2. The molecular weight excluding hydrogens is 408 g/mol. The van der Waals surface area contributed by atoms with Crippen LogP contribution in [0.1, 0.15) is 17.0 Å². The minimum atomic E-state index is -0.846. The Labute approximate surface area is 182 Å². The lowest BCUT2D eigenvalue weighted by atomic mass is 9.83. The number of benzene rings is 3. The molecule has 0 bridgehead atoms. The van der Waals surface area contributed by atoms with Crippen LogP contribution < -0.4 is 25.6 Å². The highest BCUT2D eigenvalue weighted by molar-refractivity contribution is 6.06. The van der Waals surface area contributed by atoms with Crippen LogP contribution in [-0.4, -0.2) is 14.2 Å². The molecule has 0 saturated heterocycles. The molecule has 2 heterocycles. The summed E-state index contributed by atoms with van der Waals surface area (Å²) in [5.41, 5.74) is 6.79. The predicted molar refractivity (Wildman–Crippen MR) is 119 cm³/mol. The zero-order valence-electron chi connectivity index (χ0n) is 17.3. The van der Waals surface area contributed by atoms with Crippen molar-refractivity contribution < 1.29 is 18.6 Å². The molecule has 32 heavy (non-hydrogen) atoms. The van der Waals surface area contributed by atoms with E-state index < -0.39 is 11.5 Å². The first-order valence-corrected chi connectivity index (χ1v) is 9.86. The molecule has 0 spiro atoms. The molecular formula is C25H18N2O5. The first-order valence-electron chi connectivity index (χ1n) is 9.86. The second-order valence-corrected chi connectivity index (χ2v) is 7.30. The van der Waals surface area contributed by atoms with Gasteiger partial charge in [0.15, 0.2) is 17.2 Å². The van der Waals surface area contributed by atoms with Gasteiger partial charge in [-0.2, -0.15) is 5.26 Å². The van der Waals surface area contributed by atoms with Crippen molar-refractivity contribution in [2.75, 3.05) is 14.2 Å². The maximum atomic E-state index is 13.3. The van der Waals surface area contributed by atoms with Crippen LogP contribution in [0.15, 0.2) is 75.3 Å². The van der Waals surface area contributed by atoms with Crippen LogP contribution in [0, 0.1) is 11.3 Å². The monoisotopic (exact) mass is 426 g/mol. The van der Waals surface area contributed by atoms with Crippen molar-refractivity contribution in [1.29, 1.82) is 5.26 Å². The number of nitrogens with two attached hydrogens (primary N) is 1. The molecule has 1 aromatic heterocycles. The normalized spacial score (nSPS) is 15.2. The van der Waals surface area contributed by atoms with E-state index in [9.17, 15) is 10.1 Å². The largest absolute Gasteiger partial charge is 0.493 e. The van der Waals surface area contributed by atoms with Gasteiger partial charge in [-0.25, -0.2) is 4.79 Å². The molecule has 3 aromatic carbocycles. The van der Waals surface area contributed by atoms with E-state index in [1.807, 2.05) is 36.4 Å². The average Bonchev–Trinajstić information content (AvgIpc) is 2.82. The van der Waals surface area contributed by atoms with E-state index in [0.717, 1.165) is 10.8 Å². The van der Waals surface area contributed by atoms with Crippen molar-refractivity contribution in [1.82, 2.24) is 0 Å². The maximum Gasteiger partial charge on any atom is 0.344 e. The van der Waals surface area contributed by atoms with E-state index in [1.54, 1.807) is 18.2 Å². The van der Waals surface area contributed by atoms with Crippen molar-refractivity contribution in [2.24, 2.45) is 5.73 Å². The summed E-state index contributed by atoms with van der Waals surface area (Å²) in [7, 11) is 3.01. The van der Waals surface area contributed by atoms with Gasteiger partial charge in [0.05, 0.1) is 31.1 Å². The molecule has 0 saturated carbocycles. The summed E-state index contributed by atoms with van der Waals surface area (Å²) in [6.07, 6.45) is 0. The van der Waals surface area contributed by atoms with Gasteiger partial charge in [-0.15, -0.1) is 0 Å². The smallest absolute Gasteiger partial charge is 0.344 e. The number of hydrogen-bond donors (Lipinski definition) is 1. The molecule has 0 radical (unpaired) electrons. The molecule has 1 aliphatic heterocycles. The number of methoxy groups -OCH3 is 2. The lowest BCUT2D eigenvalue weighted by Crippen LogP contribution is -2.26. The van der Waals surface area contributed by atoms with Crippen molar-refractivity contribution in [3.05, 3.63) is 87.6 Å².